The minimum atomic E-state index is -0.698. The van der Waals surface area contributed by atoms with Crippen molar-refractivity contribution in [1.82, 2.24) is 0 Å². The number of aryl methyl sites for hydroxylation is 4. The molecule has 4 aromatic rings. The first-order valence-electron chi connectivity index (χ1n) is 11.1. The minimum absolute atomic E-state index is 0.698. The standard InChI is InChI=1S/C30H30O2Te/c1-19-9-7-10-20(2)29(19)25-17-23(31-5)13-15-27(25)33-28-16-14-24(32-6)18-26(28)30-21(3)11-8-12-22(30)4/h7-18H,1-6H3. The molecule has 0 aliphatic carbocycles. The molecule has 0 saturated carbocycles. The molecule has 0 N–H and O–H groups in total. The quantitative estimate of drug-likeness (QED) is 0.278. The van der Waals surface area contributed by atoms with Crippen molar-refractivity contribution >= 4 is 28.1 Å². The molecule has 0 atom stereocenters. The summed E-state index contributed by atoms with van der Waals surface area (Å²) in [6.45, 7) is 8.78. The molecule has 0 fully saturated rings. The van der Waals surface area contributed by atoms with Crippen LogP contribution in [0.25, 0.3) is 22.3 Å². The van der Waals surface area contributed by atoms with E-state index in [1.54, 1.807) is 14.2 Å². The van der Waals surface area contributed by atoms with Gasteiger partial charge in [-0.2, -0.15) is 0 Å². The van der Waals surface area contributed by atoms with Gasteiger partial charge in [0.1, 0.15) is 0 Å². The van der Waals surface area contributed by atoms with Crippen molar-refractivity contribution in [3.63, 3.8) is 0 Å². The van der Waals surface area contributed by atoms with Gasteiger partial charge >= 0.3 is 208 Å². The second kappa shape index (κ2) is 10.0. The molecule has 0 bridgehead atoms. The van der Waals surface area contributed by atoms with E-state index in [0.717, 1.165) is 11.5 Å². The Morgan fingerprint density at radius 2 is 0.879 bits per heavy atom. The van der Waals surface area contributed by atoms with Crippen LogP contribution in [-0.4, -0.2) is 35.1 Å². The van der Waals surface area contributed by atoms with Crippen LogP contribution in [0, 0.1) is 27.7 Å². The van der Waals surface area contributed by atoms with Crippen LogP contribution in [0.2, 0.25) is 0 Å². The SMILES string of the molecule is COc1ccc([Te]c2ccc(OC)cc2-c2c(C)cccc2C)c(-c2c(C)cccc2C)c1. The van der Waals surface area contributed by atoms with E-state index in [1.807, 2.05) is 0 Å². The van der Waals surface area contributed by atoms with Crippen molar-refractivity contribution in [2.24, 2.45) is 0 Å². The fourth-order valence-corrected chi connectivity index (χ4v) is 7.44. The van der Waals surface area contributed by atoms with Gasteiger partial charge in [-0.1, -0.05) is 0 Å². The molecule has 4 aromatic carbocycles. The number of benzene rings is 4. The predicted octanol–water partition coefficient (Wildman–Crippen LogP) is 5.93. The first kappa shape index (κ1) is 23.4. The summed E-state index contributed by atoms with van der Waals surface area (Å²) in [4.78, 5) is 0. The molecule has 0 aromatic heterocycles. The maximum atomic E-state index is 5.61. The Balaban J connectivity index is 1.91. The maximum absolute atomic E-state index is 5.61. The van der Waals surface area contributed by atoms with Gasteiger partial charge in [0.25, 0.3) is 0 Å². The molecule has 0 amide bonds. The van der Waals surface area contributed by atoms with Crippen LogP contribution >= 0.6 is 0 Å². The average molecular weight is 550 g/mol. The van der Waals surface area contributed by atoms with E-state index in [1.165, 1.54) is 51.7 Å². The van der Waals surface area contributed by atoms with Crippen molar-refractivity contribution < 1.29 is 9.47 Å². The van der Waals surface area contributed by atoms with Gasteiger partial charge in [-0.25, -0.2) is 0 Å². The predicted molar refractivity (Wildman–Crippen MR) is 141 cm³/mol. The monoisotopic (exact) mass is 552 g/mol. The topological polar surface area (TPSA) is 18.5 Å². The zero-order valence-electron chi connectivity index (χ0n) is 20.2. The number of rotatable bonds is 6. The Hall–Kier alpha value is -2.73. The normalized spacial score (nSPS) is 10.8. The third kappa shape index (κ3) is 4.81. The van der Waals surface area contributed by atoms with E-state index < -0.39 is 20.9 Å². The molecule has 0 unspecified atom stereocenters. The Labute approximate surface area is 207 Å². The van der Waals surface area contributed by atoms with Gasteiger partial charge in [0.05, 0.1) is 0 Å². The molecule has 0 saturated heterocycles. The van der Waals surface area contributed by atoms with Crippen LogP contribution in [0.5, 0.6) is 11.5 Å². The second-order valence-electron chi connectivity index (χ2n) is 8.36. The zero-order chi connectivity index (χ0) is 23.5. The van der Waals surface area contributed by atoms with Gasteiger partial charge in [0, 0.05) is 0 Å². The van der Waals surface area contributed by atoms with Crippen molar-refractivity contribution in [3.05, 3.63) is 95.1 Å². The third-order valence-electron chi connectivity index (χ3n) is 6.09. The number of hydrogen-bond donors (Lipinski definition) is 0. The average Bonchev–Trinajstić information content (AvgIpc) is 2.80. The Morgan fingerprint density at radius 1 is 0.515 bits per heavy atom. The summed E-state index contributed by atoms with van der Waals surface area (Å²) in [6, 6.07) is 26.2. The van der Waals surface area contributed by atoms with E-state index in [2.05, 4.69) is 100 Å². The van der Waals surface area contributed by atoms with Gasteiger partial charge in [-0.15, -0.1) is 0 Å². The molecule has 168 valence electrons. The molecule has 0 radical (unpaired) electrons. The summed E-state index contributed by atoms with van der Waals surface area (Å²) in [5, 5.41) is 0. The van der Waals surface area contributed by atoms with Gasteiger partial charge in [0.15, 0.2) is 0 Å². The van der Waals surface area contributed by atoms with Gasteiger partial charge in [-0.3, -0.25) is 0 Å². The first-order chi connectivity index (χ1) is 15.9. The Morgan fingerprint density at radius 3 is 1.21 bits per heavy atom. The van der Waals surface area contributed by atoms with Crippen molar-refractivity contribution in [3.8, 4) is 33.8 Å². The molecule has 2 nitrogen and oxygen atoms in total. The van der Waals surface area contributed by atoms with E-state index in [9.17, 15) is 0 Å². The summed E-state index contributed by atoms with van der Waals surface area (Å²) in [5.41, 5.74) is 10.4. The summed E-state index contributed by atoms with van der Waals surface area (Å²) < 4.78 is 14.1. The first-order valence-corrected chi connectivity index (χ1v) is 13.4. The van der Waals surface area contributed by atoms with Crippen LogP contribution in [0.4, 0.5) is 0 Å². The van der Waals surface area contributed by atoms with E-state index in [-0.39, 0.29) is 0 Å². The van der Waals surface area contributed by atoms with Gasteiger partial charge in [0.2, 0.25) is 0 Å². The molecule has 4 rings (SSSR count). The van der Waals surface area contributed by atoms with Crippen LogP contribution in [-0.2, 0) is 0 Å². The van der Waals surface area contributed by atoms with Crippen LogP contribution in [0.15, 0.2) is 72.8 Å². The molecule has 0 aliphatic heterocycles. The molecule has 3 heteroatoms. The summed E-state index contributed by atoms with van der Waals surface area (Å²) >= 11 is -0.698. The van der Waals surface area contributed by atoms with E-state index in [0.29, 0.717) is 0 Å². The van der Waals surface area contributed by atoms with Gasteiger partial charge in [-0.05, 0) is 0 Å². The fourth-order valence-electron chi connectivity index (χ4n) is 4.44. The van der Waals surface area contributed by atoms with Gasteiger partial charge < -0.3 is 0 Å². The summed E-state index contributed by atoms with van der Waals surface area (Å²) in [5.74, 6) is 1.79. The van der Waals surface area contributed by atoms with Crippen molar-refractivity contribution in [2.45, 2.75) is 27.7 Å². The second-order valence-corrected chi connectivity index (χ2v) is 11.5. The molecule has 0 heterocycles. The summed E-state index contributed by atoms with van der Waals surface area (Å²) in [6.07, 6.45) is 0. The molecule has 33 heavy (non-hydrogen) atoms. The number of ether oxygens (including phenoxy) is 2. The number of hydrogen-bond acceptors (Lipinski definition) is 2. The van der Waals surface area contributed by atoms with Crippen LogP contribution < -0.4 is 16.7 Å². The molecule has 0 spiro atoms. The number of methoxy groups -OCH3 is 2. The molecular formula is C30H30O2Te. The Bertz CT molecular complexity index is 1170. The summed E-state index contributed by atoms with van der Waals surface area (Å²) in [7, 11) is 3.48. The zero-order valence-corrected chi connectivity index (χ0v) is 22.5. The Kier molecular flexibility index (Phi) is 7.13. The fraction of sp³-hybridized carbons (Fsp3) is 0.200. The van der Waals surface area contributed by atoms with Crippen molar-refractivity contribution in [1.29, 1.82) is 0 Å². The molecular weight excluding hydrogens is 520 g/mol. The molecule has 0 aliphatic rings. The van der Waals surface area contributed by atoms with Crippen LogP contribution in [0.3, 0.4) is 0 Å². The van der Waals surface area contributed by atoms with Crippen LogP contribution in [0.1, 0.15) is 22.3 Å². The van der Waals surface area contributed by atoms with E-state index in [4.69, 9.17) is 9.47 Å². The van der Waals surface area contributed by atoms with E-state index >= 15 is 0 Å². The third-order valence-corrected chi connectivity index (χ3v) is 9.38. The van der Waals surface area contributed by atoms with Crippen molar-refractivity contribution in [2.75, 3.05) is 14.2 Å².